The van der Waals surface area contributed by atoms with Crippen molar-refractivity contribution >= 4 is 21.6 Å². The van der Waals surface area contributed by atoms with Crippen LogP contribution < -0.4 is 9.62 Å². The summed E-state index contributed by atoms with van der Waals surface area (Å²) < 4.78 is 46.5. The van der Waals surface area contributed by atoms with Crippen LogP contribution in [0.4, 0.5) is 10.1 Å². The number of amides is 1. The number of hydrogen-bond donors (Lipinski definition) is 2. The van der Waals surface area contributed by atoms with E-state index in [9.17, 15) is 17.6 Å². The summed E-state index contributed by atoms with van der Waals surface area (Å²) in [6, 6.07) is 5.86. The van der Waals surface area contributed by atoms with Crippen LogP contribution in [-0.2, 0) is 19.6 Å². The van der Waals surface area contributed by atoms with Crippen molar-refractivity contribution in [3.63, 3.8) is 0 Å². The summed E-state index contributed by atoms with van der Waals surface area (Å²) in [6.07, 6.45) is 3.81. The molecule has 8 nitrogen and oxygen atoms in total. The zero-order chi connectivity index (χ0) is 22.4. The van der Waals surface area contributed by atoms with E-state index in [1.165, 1.54) is 6.07 Å². The van der Waals surface area contributed by atoms with Crippen LogP contribution >= 0.6 is 0 Å². The van der Waals surface area contributed by atoms with Gasteiger partial charge in [-0.15, -0.1) is 0 Å². The fourth-order valence-electron chi connectivity index (χ4n) is 4.43. The maximum atomic E-state index is 14.0. The molecule has 2 unspecified atom stereocenters. The topological polar surface area (TPSA) is 99.2 Å². The van der Waals surface area contributed by atoms with Gasteiger partial charge in [0.1, 0.15) is 5.82 Å². The molecule has 0 bridgehead atoms. The van der Waals surface area contributed by atoms with Crippen molar-refractivity contribution in [3.05, 3.63) is 30.1 Å². The van der Waals surface area contributed by atoms with Gasteiger partial charge in [0.2, 0.25) is 15.9 Å². The number of rotatable bonds is 8. The Morgan fingerprint density at radius 2 is 1.94 bits per heavy atom. The molecule has 0 aliphatic carbocycles. The summed E-state index contributed by atoms with van der Waals surface area (Å²) in [5.41, 5.74) is 0.589. The SMILES string of the molecule is CS(=O)(=O)NC1CCCN(C(=O)CCO)C1COC1CCN(c2ccccc2F)CC1. The zero-order valence-corrected chi connectivity index (χ0v) is 18.7. The molecule has 2 saturated heterocycles. The number of aliphatic hydroxyl groups excluding tert-OH is 1. The van der Waals surface area contributed by atoms with Gasteiger partial charge in [-0.05, 0) is 37.8 Å². The first kappa shape index (κ1) is 23.9. The number of para-hydroxylation sites is 1. The van der Waals surface area contributed by atoms with E-state index in [2.05, 4.69) is 4.72 Å². The molecule has 0 radical (unpaired) electrons. The first-order chi connectivity index (χ1) is 14.8. The summed E-state index contributed by atoms with van der Waals surface area (Å²) >= 11 is 0. The summed E-state index contributed by atoms with van der Waals surface area (Å²) in [6.45, 7) is 1.81. The Bertz CT molecular complexity index is 845. The van der Waals surface area contributed by atoms with Crippen LogP contribution in [0, 0.1) is 5.82 Å². The van der Waals surface area contributed by atoms with Gasteiger partial charge in [0.05, 0.1) is 37.3 Å². The van der Waals surface area contributed by atoms with Crippen LogP contribution in [0.15, 0.2) is 24.3 Å². The van der Waals surface area contributed by atoms with Crippen molar-refractivity contribution in [3.8, 4) is 0 Å². The molecule has 0 saturated carbocycles. The van der Waals surface area contributed by atoms with Gasteiger partial charge in [0, 0.05) is 32.1 Å². The largest absolute Gasteiger partial charge is 0.396 e. The van der Waals surface area contributed by atoms with Crippen LogP contribution in [0.25, 0.3) is 0 Å². The quantitative estimate of drug-likeness (QED) is 0.607. The lowest BCUT2D eigenvalue weighted by atomic mass is 9.96. The second kappa shape index (κ2) is 10.7. The first-order valence-corrected chi connectivity index (χ1v) is 12.7. The number of anilines is 1. The molecule has 2 fully saturated rings. The predicted octanol–water partition coefficient (Wildman–Crippen LogP) is 1.10. The van der Waals surface area contributed by atoms with E-state index < -0.39 is 22.1 Å². The molecule has 174 valence electrons. The number of carbonyl (C=O) groups excluding carboxylic acids is 1. The monoisotopic (exact) mass is 457 g/mol. The Morgan fingerprint density at radius 1 is 1.23 bits per heavy atom. The van der Waals surface area contributed by atoms with Crippen molar-refractivity contribution in [1.82, 2.24) is 9.62 Å². The molecule has 1 aromatic carbocycles. The molecule has 2 aliphatic rings. The van der Waals surface area contributed by atoms with E-state index in [-0.39, 0.29) is 37.5 Å². The highest BCUT2D eigenvalue weighted by atomic mass is 32.2. The van der Waals surface area contributed by atoms with Gasteiger partial charge in [0.15, 0.2) is 0 Å². The minimum Gasteiger partial charge on any atom is -0.396 e. The summed E-state index contributed by atoms with van der Waals surface area (Å²) in [5, 5.41) is 9.16. The van der Waals surface area contributed by atoms with Gasteiger partial charge in [-0.3, -0.25) is 4.79 Å². The smallest absolute Gasteiger partial charge is 0.225 e. The summed E-state index contributed by atoms with van der Waals surface area (Å²) in [5.74, 6) is -0.442. The van der Waals surface area contributed by atoms with Gasteiger partial charge in [-0.2, -0.15) is 0 Å². The maximum Gasteiger partial charge on any atom is 0.225 e. The number of benzene rings is 1. The molecule has 2 atom stereocenters. The lowest BCUT2D eigenvalue weighted by molar-refractivity contribution is -0.139. The number of ether oxygens (including phenoxy) is 1. The Morgan fingerprint density at radius 3 is 2.58 bits per heavy atom. The van der Waals surface area contributed by atoms with Crippen molar-refractivity contribution in [2.24, 2.45) is 0 Å². The highest BCUT2D eigenvalue weighted by Crippen LogP contribution is 2.25. The van der Waals surface area contributed by atoms with Gasteiger partial charge < -0.3 is 19.6 Å². The lowest BCUT2D eigenvalue weighted by Gasteiger charge is -2.42. The third kappa shape index (κ3) is 6.61. The number of nitrogens with one attached hydrogen (secondary N) is 1. The summed E-state index contributed by atoms with van der Waals surface area (Å²) in [7, 11) is -3.44. The number of likely N-dealkylation sites (tertiary alicyclic amines) is 1. The van der Waals surface area contributed by atoms with Crippen LogP contribution in [-0.4, -0.2) is 81.6 Å². The molecule has 31 heavy (non-hydrogen) atoms. The number of aliphatic hydroxyl groups is 1. The molecular weight excluding hydrogens is 425 g/mol. The minimum atomic E-state index is -3.44. The van der Waals surface area contributed by atoms with Gasteiger partial charge in [0.25, 0.3) is 0 Å². The van der Waals surface area contributed by atoms with E-state index in [0.717, 1.165) is 19.1 Å². The molecule has 2 N–H and O–H groups in total. The third-order valence-electron chi connectivity index (χ3n) is 5.93. The van der Waals surface area contributed by atoms with Crippen LogP contribution in [0.2, 0.25) is 0 Å². The number of halogens is 1. The van der Waals surface area contributed by atoms with E-state index >= 15 is 0 Å². The molecule has 2 aliphatic heterocycles. The van der Waals surface area contributed by atoms with E-state index in [0.29, 0.717) is 38.2 Å². The second-order valence-electron chi connectivity index (χ2n) is 8.24. The summed E-state index contributed by atoms with van der Waals surface area (Å²) in [4.78, 5) is 16.1. The maximum absolute atomic E-state index is 14.0. The minimum absolute atomic E-state index is 0.00310. The van der Waals surface area contributed by atoms with E-state index in [1.54, 1.807) is 17.0 Å². The molecular formula is C21H32FN3O5S. The molecule has 3 rings (SSSR count). The zero-order valence-electron chi connectivity index (χ0n) is 17.9. The molecule has 1 aromatic rings. The molecule has 10 heteroatoms. The van der Waals surface area contributed by atoms with Gasteiger partial charge in [-0.25, -0.2) is 17.5 Å². The molecule has 0 spiro atoms. The molecule has 1 amide bonds. The van der Waals surface area contributed by atoms with Crippen molar-refractivity contribution in [2.45, 2.75) is 50.3 Å². The number of carbonyl (C=O) groups is 1. The normalized spacial score (nSPS) is 23.2. The van der Waals surface area contributed by atoms with E-state index in [1.807, 2.05) is 11.0 Å². The number of nitrogens with zero attached hydrogens (tertiary/aromatic N) is 2. The lowest BCUT2D eigenvalue weighted by Crippen LogP contribution is -2.59. The Kier molecular flexibility index (Phi) is 8.26. The average molecular weight is 458 g/mol. The number of hydrogen-bond acceptors (Lipinski definition) is 6. The highest BCUT2D eigenvalue weighted by Gasteiger charge is 2.36. The Balaban J connectivity index is 1.61. The Labute approximate surface area is 183 Å². The van der Waals surface area contributed by atoms with E-state index in [4.69, 9.17) is 9.84 Å². The predicted molar refractivity (Wildman–Crippen MR) is 116 cm³/mol. The average Bonchev–Trinajstić information content (AvgIpc) is 2.72. The van der Waals surface area contributed by atoms with Crippen molar-refractivity contribution < 1.29 is 27.4 Å². The number of piperidine rings is 2. The van der Waals surface area contributed by atoms with Crippen molar-refractivity contribution in [1.29, 1.82) is 0 Å². The standard InChI is InChI=1S/C21H32FN3O5S/c1-31(28,29)23-18-6-4-11-25(21(27)10-14-26)20(18)15-30-16-8-12-24(13-9-16)19-7-3-2-5-17(19)22/h2-3,5,7,16,18,20,23,26H,4,6,8-15H2,1H3. The highest BCUT2D eigenvalue weighted by molar-refractivity contribution is 7.88. The van der Waals surface area contributed by atoms with Crippen LogP contribution in [0.5, 0.6) is 0 Å². The molecule has 0 aromatic heterocycles. The van der Waals surface area contributed by atoms with Gasteiger partial charge >= 0.3 is 0 Å². The first-order valence-electron chi connectivity index (χ1n) is 10.8. The fourth-order valence-corrected chi connectivity index (χ4v) is 5.26. The van der Waals surface area contributed by atoms with Gasteiger partial charge in [-0.1, -0.05) is 12.1 Å². The van der Waals surface area contributed by atoms with Crippen LogP contribution in [0.1, 0.15) is 32.1 Å². The number of sulfonamides is 1. The Hall–Kier alpha value is -1.75. The second-order valence-corrected chi connectivity index (χ2v) is 10.0. The van der Waals surface area contributed by atoms with Crippen molar-refractivity contribution in [2.75, 3.05) is 44.0 Å². The third-order valence-corrected chi connectivity index (χ3v) is 6.66. The molecule has 2 heterocycles. The fraction of sp³-hybridized carbons (Fsp3) is 0.667. The van der Waals surface area contributed by atoms with Crippen LogP contribution in [0.3, 0.4) is 0 Å².